The summed E-state index contributed by atoms with van der Waals surface area (Å²) >= 11 is 0. The zero-order valence-corrected chi connectivity index (χ0v) is 11.6. The Bertz CT molecular complexity index is 253. The van der Waals surface area contributed by atoms with Gasteiger partial charge in [-0.2, -0.15) is 0 Å². The van der Waals surface area contributed by atoms with E-state index in [0.717, 1.165) is 31.6 Å². The summed E-state index contributed by atoms with van der Waals surface area (Å²) in [5.41, 5.74) is 0. The summed E-state index contributed by atoms with van der Waals surface area (Å²) in [6.07, 6.45) is 11.3. The molecule has 2 aliphatic rings. The van der Waals surface area contributed by atoms with Gasteiger partial charge in [-0.1, -0.05) is 19.3 Å². The van der Waals surface area contributed by atoms with Crippen molar-refractivity contribution in [1.82, 2.24) is 5.32 Å². The molecule has 104 valence electrons. The van der Waals surface area contributed by atoms with Gasteiger partial charge in [0.1, 0.15) is 0 Å². The van der Waals surface area contributed by atoms with Crippen molar-refractivity contribution >= 4 is 5.97 Å². The predicted molar refractivity (Wildman–Crippen MR) is 72.3 cm³/mol. The minimum atomic E-state index is -0.0132. The highest BCUT2D eigenvalue weighted by atomic mass is 16.5. The van der Waals surface area contributed by atoms with Crippen LogP contribution in [0.5, 0.6) is 0 Å². The minimum Gasteiger partial charge on any atom is -0.469 e. The summed E-state index contributed by atoms with van der Waals surface area (Å²) in [7, 11) is 1.50. The molecule has 0 aromatic rings. The number of carbonyl (C=O) groups is 1. The first kappa shape index (κ1) is 13.9. The number of nitrogens with one attached hydrogen (secondary N) is 1. The van der Waals surface area contributed by atoms with Crippen LogP contribution in [0.2, 0.25) is 0 Å². The molecule has 3 heteroatoms. The lowest BCUT2D eigenvalue weighted by Gasteiger charge is -2.30. The third-order valence-electron chi connectivity index (χ3n) is 4.68. The molecule has 0 amide bonds. The molecule has 2 fully saturated rings. The van der Waals surface area contributed by atoms with Crippen LogP contribution in [0, 0.1) is 11.8 Å². The lowest BCUT2D eigenvalue weighted by Crippen LogP contribution is -2.38. The van der Waals surface area contributed by atoms with E-state index in [4.69, 9.17) is 4.74 Å². The van der Waals surface area contributed by atoms with Gasteiger partial charge in [0, 0.05) is 6.04 Å². The van der Waals surface area contributed by atoms with Gasteiger partial charge in [-0.05, 0) is 51.0 Å². The van der Waals surface area contributed by atoms with E-state index in [9.17, 15) is 4.79 Å². The van der Waals surface area contributed by atoms with Crippen molar-refractivity contribution in [3.05, 3.63) is 0 Å². The van der Waals surface area contributed by atoms with Crippen LogP contribution < -0.4 is 5.32 Å². The molecule has 0 aromatic heterocycles. The van der Waals surface area contributed by atoms with Crippen LogP contribution in [0.1, 0.15) is 57.8 Å². The number of methoxy groups -OCH3 is 1. The molecule has 3 nitrogen and oxygen atoms in total. The maximum atomic E-state index is 11.4. The Morgan fingerprint density at radius 1 is 1.06 bits per heavy atom. The highest BCUT2D eigenvalue weighted by molar-refractivity contribution is 5.72. The van der Waals surface area contributed by atoms with Gasteiger partial charge >= 0.3 is 5.97 Å². The molecule has 2 saturated carbocycles. The van der Waals surface area contributed by atoms with Crippen molar-refractivity contribution in [2.24, 2.45) is 11.8 Å². The standard InChI is InChI=1S/C15H27NO2/c1-18-15(17)13-7-9-14(10-8-13)16-11-12-5-3-2-4-6-12/h12-14,16H,2-11H2,1H3. The van der Waals surface area contributed by atoms with Gasteiger partial charge in [0.05, 0.1) is 13.0 Å². The summed E-state index contributed by atoms with van der Waals surface area (Å²) in [4.78, 5) is 11.4. The van der Waals surface area contributed by atoms with Gasteiger partial charge < -0.3 is 10.1 Å². The Hall–Kier alpha value is -0.570. The van der Waals surface area contributed by atoms with Gasteiger partial charge in [-0.15, -0.1) is 0 Å². The molecule has 0 heterocycles. The van der Waals surface area contributed by atoms with Crippen LogP contribution in [0.4, 0.5) is 0 Å². The molecule has 0 bridgehead atoms. The van der Waals surface area contributed by atoms with Crippen molar-refractivity contribution in [3.63, 3.8) is 0 Å². The van der Waals surface area contributed by atoms with Crippen molar-refractivity contribution in [2.45, 2.75) is 63.8 Å². The fourth-order valence-electron chi connectivity index (χ4n) is 3.42. The van der Waals surface area contributed by atoms with E-state index in [-0.39, 0.29) is 11.9 Å². The topological polar surface area (TPSA) is 38.3 Å². The number of esters is 1. The average molecular weight is 253 g/mol. The number of hydrogen-bond acceptors (Lipinski definition) is 3. The summed E-state index contributed by atoms with van der Waals surface area (Å²) in [6.45, 7) is 1.19. The second kappa shape index (κ2) is 7.13. The molecule has 0 saturated heterocycles. The first-order chi connectivity index (χ1) is 8.79. The molecule has 18 heavy (non-hydrogen) atoms. The fraction of sp³-hybridized carbons (Fsp3) is 0.933. The van der Waals surface area contributed by atoms with Gasteiger partial charge in [0.25, 0.3) is 0 Å². The Kier molecular flexibility index (Phi) is 5.48. The lowest BCUT2D eigenvalue weighted by molar-refractivity contribution is -0.146. The maximum absolute atomic E-state index is 11.4. The largest absolute Gasteiger partial charge is 0.469 e. The van der Waals surface area contributed by atoms with Crippen molar-refractivity contribution in [3.8, 4) is 0 Å². The van der Waals surface area contributed by atoms with Crippen LogP contribution in [0.3, 0.4) is 0 Å². The molecule has 1 N–H and O–H groups in total. The first-order valence-electron chi connectivity index (χ1n) is 7.61. The molecule has 0 unspecified atom stereocenters. The highest BCUT2D eigenvalue weighted by Crippen LogP contribution is 2.27. The fourth-order valence-corrected chi connectivity index (χ4v) is 3.42. The lowest BCUT2D eigenvalue weighted by atomic mass is 9.85. The number of carbonyl (C=O) groups excluding carboxylic acids is 1. The van der Waals surface area contributed by atoms with Gasteiger partial charge in [-0.25, -0.2) is 0 Å². The smallest absolute Gasteiger partial charge is 0.308 e. The van der Waals surface area contributed by atoms with Crippen LogP contribution >= 0.6 is 0 Å². The summed E-state index contributed by atoms with van der Waals surface area (Å²) < 4.78 is 4.82. The predicted octanol–water partition coefficient (Wildman–Crippen LogP) is 2.89. The Labute approximate surface area is 111 Å². The normalized spacial score (nSPS) is 30.1. The number of hydrogen-bond donors (Lipinski definition) is 1. The molecular formula is C15H27NO2. The molecule has 2 aliphatic carbocycles. The van der Waals surface area contributed by atoms with E-state index >= 15 is 0 Å². The number of rotatable bonds is 4. The van der Waals surface area contributed by atoms with Crippen molar-refractivity contribution in [1.29, 1.82) is 0 Å². The van der Waals surface area contributed by atoms with Crippen LogP contribution in [0.25, 0.3) is 0 Å². The van der Waals surface area contributed by atoms with Crippen LogP contribution in [-0.2, 0) is 9.53 Å². The Morgan fingerprint density at radius 2 is 1.72 bits per heavy atom. The quantitative estimate of drug-likeness (QED) is 0.783. The molecule has 0 atom stereocenters. The SMILES string of the molecule is COC(=O)C1CCC(NCC2CCCCC2)CC1. The first-order valence-corrected chi connectivity index (χ1v) is 7.61. The zero-order valence-electron chi connectivity index (χ0n) is 11.6. The monoisotopic (exact) mass is 253 g/mol. The van der Waals surface area contributed by atoms with E-state index in [1.807, 2.05) is 0 Å². The summed E-state index contributed by atoms with van der Waals surface area (Å²) in [5.74, 6) is 1.04. The van der Waals surface area contributed by atoms with Gasteiger partial charge in [-0.3, -0.25) is 4.79 Å². The third-order valence-corrected chi connectivity index (χ3v) is 4.68. The molecular weight excluding hydrogens is 226 g/mol. The zero-order chi connectivity index (χ0) is 12.8. The highest BCUT2D eigenvalue weighted by Gasteiger charge is 2.27. The van der Waals surface area contributed by atoms with E-state index < -0.39 is 0 Å². The molecule has 0 aliphatic heterocycles. The number of ether oxygens (including phenoxy) is 1. The third kappa shape index (κ3) is 3.98. The molecule has 0 radical (unpaired) electrons. The van der Waals surface area contributed by atoms with E-state index in [2.05, 4.69) is 5.32 Å². The second-order valence-electron chi connectivity index (χ2n) is 5.98. The second-order valence-corrected chi connectivity index (χ2v) is 5.98. The Morgan fingerprint density at radius 3 is 2.33 bits per heavy atom. The van der Waals surface area contributed by atoms with Crippen molar-refractivity contribution in [2.75, 3.05) is 13.7 Å². The molecule has 0 aromatic carbocycles. The Balaban J connectivity index is 1.62. The summed E-state index contributed by atoms with van der Waals surface area (Å²) in [6, 6.07) is 0.632. The average Bonchev–Trinajstić information content (AvgIpc) is 2.46. The van der Waals surface area contributed by atoms with Gasteiger partial charge in [0.15, 0.2) is 0 Å². The van der Waals surface area contributed by atoms with Crippen LogP contribution in [-0.4, -0.2) is 25.7 Å². The van der Waals surface area contributed by atoms with Crippen LogP contribution in [0.15, 0.2) is 0 Å². The van der Waals surface area contributed by atoms with E-state index in [1.165, 1.54) is 45.8 Å². The summed E-state index contributed by atoms with van der Waals surface area (Å²) in [5, 5.41) is 3.72. The van der Waals surface area contributed by atoms with E-state index in [0.29, 0.717) is 6.04 Å². The van der Waals surface area contributed by atoms with E-state index in [1.54, 1.807) is 0 Å². The maximum Gasteiger partial charge on any atom is 0.308 e. The van der Waals surface area contributed by atoms with Gasteiger partial charge in [0.2, 0.25) is 0 Å². The minimum absolute atomic E-state index is 0.0132. The molecule has 2 rings (SSSR count). The van der Waals surface area contributed by atoms with Crippen molar-refractivity contribution < 1.29 is 9.53 Å². The molecule has 0 spiro atoms.